The van der Waals surface area contributed by atoms with Gasteiger partial charge in [-0.05, 0) is 13.8 Å². The van der Waals surface area contributed by atoms with Crippen molar-refractivity contribution in [3.8, 4) is 24.2 Å². The molecule has 10 heavy (non-hydrogen) atoms. The average molecular weight is 134 g/mol. The fourth-order valence-electron chi connectivity index (χ4n) is 0.361. The van der Waals surface area contributed by atoms with Gasteiger partial charge in [0.15, 0.2) is 0 Å². The Kier molecular flexibility index (Phi) is 3.04. The molecule has 0 aliphatic heterocycles. The lowest BCUT2D eigenvalue weighted by Gasteiger charge is -2.06. The summed E-state index contributed by atoms with van der Waals surface area (Å²) in [5, 5.41) is 0. The lowest BCUT2D eigenvalue weighted by Crippen LogP contribution is -2.03. The molecular formula is C10H14. The summed E-state index contributed by atoms with van der Waals surface area (Å²) in [7, 11) is 0. The Labute approximate surface area is 64.0 Å². The van der Waals surface area contributed by atoms with E-state index in [0.717, 1.165) is 0 Å². The van der Waals surface area contributed by atoms with E-state index in [1.807, 2.05) is 13.8 Å². The van der Waals surface area contributed by atoms with Crippen LogP contribution in [0.4, 0.5) is 0 Å². The van der Waals surface area contributed by atoms with Gasteiger partial charge < -0.3 is 0 Å². The normalized spacial score (nSPS) is 10.0. The van der Waals surface area contributed by atoms with Gasteiger partial charge in [-0.3, -0.25) is 0 Å². The lowest BCUT2D eigenvalue weighted by atomic mass is 9.95. The van der Waals surface area contributed by atoms with Gasteiger partial charge in [-0.25, -0.2) is 0 Å². The van der Waals surface area contributed by atoms with Gasteiger partial charge in [0.2, 0.25) is 0 Å². The van der Waals surface area contributed by atoms with E-state index in [1.54, 1.807) is 0 Å². The summed E-state index contributed by atoms with van der Waals surface area (Å²) in [6, 6.07) is 0. The van der Waals surface area contributed by atoms with E-state index >= 15 is 0 Å². The molecule has 0 N–H and O–H groups in total. The van der Waals surface area contributed by atoms with Crippen molar-refractivity contribution in [2.75, 3.05) is 0 Å². The van der Waals surface area contributed by atoms with E-state index < -0.39 is 0 Å². The second-order valence-electron chi connectivity index (χ2n) is 3.19. The molecule has 0 aliphatic rings. The van der Waals surface area contributed by atoms with Crippen molar-refractivity contribution in [2.45, 2.75) is 27.7 Å². The van der Waals surface area contributed by atoms with Crippen molar-refractivity contribution in [1.29, 1.82) is 0 Å². The molecule has 0 aromatic heterocycles. The van der Waals surface area contributed by atoms with Crippen molar-refractivity contribution in [1.82, 2.24) is 0 Å². The summed E-state index contributed by atoms with van der Waals surface area (Å²) in [5.41, 5.74) is -0.260. The Morgan fingerprint density at radius 2 is 1.80 bits per heavy atom. The molecule has 0 amide bonds. The minimum Gasteiger partial charge on any atom is -0.119 e. The van der Waals surface area contributed by atoms with Crippen LogP contribution in [0.3, 0.4) is 0 Å². The number of hydrogen-bond donors (Lipinski definition) is 0. The Hall–Kier alpha value is -0.880. The van der Waals surface area contributed by atoms with Gasteiger partial charge in [0.05, 0.1) is 5.41 Å². The lowest BCUT2D eigenvalue weighted by molar-refractivity contribution is 0.682. The molecule has 0 radical (unpaired) electrons. The minimum atomic E-state index is -0.260. The molecule has 0 unspecified atom stereocenters. The third-order valence-electron chi connectivity index (χ3n) is 1.03. The second kappa shape index (κ2) is 3.33. The number of rotatable bonds is 0. The first-order chi connectivity index (χ1) is 4.48. The summed E-state index contributed by atoms with van der Waals surface area (Å²) in [6.07, 6.45) is 5.24. The first-order valence-corrected chi connectivity index (χ1v) is 3.48. The van der Waals surface area contributed by atoms with E-state index in [4.69, 9.17) is 6.42 Å². The molecule has 0 aromatic rings. The molecule has 0 rings (SSSR count). The highest BCUT2D eigenvalue weighted by Gasteiger charge is 2.07. The van der Waals surface area contributed by atoms with Gasteiger partial charge in [0.1, 0.15) is 0 Å². The van der Waals surface area contributed by atoms with Crippen LogP contribution in [0.2, 0.25) is 0 Å². The smallest absolute Gasteiger partial charge is 0.0860 e. The van der Waals surface area contributed by atoms with E-state index in [2.05, 4.69) is 31.6 Å². The van der Waals surface area contributed by atoms with Gasteiger partial charge in [-0.15, -0.1) is 6.42 Å². The number of hydrogen-bond acceptors (Lipinski definition) is 0. The standard InChI is InChI=1S/C10H14/c1-6-10(4,5)8-7-9(2)3/h1,9H,2-5H3. The zero-order chi connectivity index (χ0) is 8.20. The zero-order valence-electron chi connectivity index (χ0n) is 7.15. The fraction of sp³-hybridized carbons (Fsp3) is 0.600. The molecule has 0 aromatic carbocycles. The van der Waals surface area contributed by atoms with Crippen LogP contribution in [0, 0.1) is 35.5 Å². The molecule has 0 nitrogen and oxygen atoms in total. The molecule has 0 heteroatoms. The van der Waals surface area contributed by atoms with Crippen LogP contribution in [-0.2, 0) is 0 Å². The van der Waals surface area contributed by atoms with Gasteiger partial charge in [0, 0.05) is 5.92 Å². The maximum absolute atomic E-state index is 5.24. The third-order valence-corrected chi connectivity index (χ3v) is 1.03. The highest BCUT2D eigenvalue weighted by molar-refractivity contribution is 5.21. The van der Waals surface area contributed by atoms with E-state index in [0.29, 0.717) is 5.92 Å². The van der Waals surface area contributed by atoms with Crippen molar-refractivity contribution in [2.24, 2.45) is 11.3 Å². The van der Waals surface area contributed by atoms with Crippen LogP contribution in [0.5, 0.6) is 0 Å². The highest BCUT2D eigenvalue weighted by atomic mass is 14.1. The molecule has 0 fully saturated rings. The van der Waals surface area contributed by atoms with Crippen molar-refractivity contribution in [3.05, 3.63) is 0 Å². The summed E-state index contributed by atoms with van der Waals surface area (Å²) in [5.74, 6) is 9.10. The van der Waals surface area contributed by atoms with Crippen LogP contribution in [-0.4, -0.2) is 0 Å². The largest absolute Gasteiger partial charge is 0.119 e. The molecule has 0 aliphatic carbocycles. The van der Waals surface area contributed by atoms with Crippen molar-refractivity contribution in [3.63, 3.8) is 0 Å². The van der Waals surface area contributed by atoms with Crippen LogP contribution in [0.15, 0.2) is 0 Å². The SMILES string of the molecule is C#CC(C)(C)C#CC(C)C. The van der Waals surface area contributed by atoms with Gasteiger partial charge >= 0.3 is 0 Å². The van der Waals surface area contributed by atoms with E-state index in [1.165, 1.54) is 0 Å². The minimum absolute atomic E-state index is 0.260. The Bertz CT molecular complexity index is 190. The predicted octanol–water partition coefficient (Wildman–Crippen LogP) is 2.31. The second-order valence-corrected chi connectivity index (χ2v) is 3.19. The third kappa shape index (κ3) is 4.04. The van der Waals surface area contributed by atoms with E-state index in [9.17, 15) is 0 Å². The van der Waals surface area contributed by atoms with Crippen LogP contribution in [0.25, 0.3) is 0 Å². The molecule has 0 spiro atoms. The molecule has 0 saturated heterocycles. The predicted molar refractivity (Wildman–Crippen MR) is 45.2 cm³/mol. The van der Waals surface area contributed by atoms with E-state index in [-0.39, 0.29) is 5.41 Å². The molecule has 54 valence electrons. The van der Waals surface area contributed by atoms with Crippen molar-refractivity contribution < 1.29 is 0 Å². The topological polar surface area (TPSA) is 0 Å². The Balaban J connectivity index is 4.20. The van der Waals surface area contributed by atoms with Crippen molar-refractivity contribution >= 4 is 0 Å². The molecule has 0 heterocycles. The maximum atomic E-state index is 5.24. The maximum Gasteiger partial charge on any atom is 0.0860 e. The first-order valence-electron chi connectivity index (χ1n) is 3.48. The summed E-state index contributed by atoms with van der Waals surface area (Å²) >= 11 is 0. The van der Waals surface area contributed by atoms with Crippen LogP contribution < -0.4 is 0 Å². The highest BCUT2D eigenvalue weighted by Crippen LogP contribution is 2.10. The monoisotopic (exact) mass is 134 g/mol. The Morgan fingerprint density at radius 3 is 2.10 bits per heavy atom. The summed E-state index contributed by atoms with van der Waals surface area (Å²) in [6.45, 7) is 8.00. The zero-order valence-corrected chi connectivity index (χ0v) is 7.15. The van der Waals surface area contributed by atoms with Crippen LogP contribution >= 0.6 is 0 Å². The molecule has 0 bridgehead atoms. The summed E-state index contributed by atoms with van der Waals surface area (Å²) < 4.78 is 0. The molecule has 0 saturated carbocycles. The average Bonchev–Trinajstić information content (AvgIpc) is 1.85. The first kappa shape index (κ1) is 9.12. The van der Waals surface area contributed by atoms with Gasteiger partial charge in [-0.1, -0.05) is 31.6 Å². The van der Waals surface area contributed by atoms with Gasteiger partial charge in [0.25, 0.3) is 0 Å². The quantitative estimate of drug-likeness (QED) is 0.446. The van der Waals surface area contributed by atoms with Gasteiger partial charge in [-0.2, -0.15) is 0 Å². The molecular weight excluding hydrogens is 120 g/mol. The fourth-order valence-corrected chi connectivity index (χ4v) is 0.361. The number of terminal acetylenes is 1. The molecule has 0 atom stereocenters. The Morgan fingerprint density at radius 1 is 1.30 bits per heavy atom. The van der Waals surface area contributed by atoms with Crippen LogP contribution in [0.1, 0.15) is 27.7 Å². The summed E-state index contributed by atoms with van der Waals surface area (Å²) in [4.78, 5) is 0.